The third kappa shape index (κ3) is 6.19. The van der Waals surface area contributed by atoms with Gasteiger partial charge in [-0.05, 0) is 35.6 Å². The molecule has 1 aliphatic carbocycles. The molecule has 8 nitrogen and oxygen atoms in total. The van der Waals surface area contributed by atoms with Crippen LogP contribution in [0.5, 0.6) is 6.01 Å². The second-order valence-electron chi connectivity index (χ2n) is 10.4. The van der Waals surface area contributed by atoms with Crippen LogP contribution in [0.15, 0.2) is 54.6 Å². The minimum absolute atomic E-state index is 0.0740. The highest BCUT2D eigenvalue weighted by atomic mass is 35.5. The van der Waals surface area contributed by atoms with Crippen molar-refractivity contribution < 1.29 is 32.9 Å². The van der Waals surface area contributed by atoms with Gasteiger partial charge in [-0.1, -0.05) is 60.1 Å². The summed E-state index contributed by atoms with van der Waals surface area (Å²) in [5.74, 6) is 0. The minimum Gasteiger partial charge on any atom is -0.459 e. The van der Waals surface area contributed by atoms with Crippen LogP contribution < -0.4 is 10.1 Å². The van der Waals surface area contributed by atoms with E-state index >= 15 is 0 Å². The normalized spacial score (nSPS) is 22.1. The zero-order chi connectivity index (χ0) is 28.7. The molecule has 12 heteroatoms. The molecule has 2 aliphatic rings. The number of hydrogen-bond acceptors (Lipinski definition) is 7. The first-order valence-electron chi connectivity index (χ1n) is 13.3. The zero-order valence-electron chi connectivity index (χ0n) is 21.7. The summed E-state index contributed by atoms with van der Waals surface area (Å²) in [6.45, 7) is -0.0640. The highest BCUT2D eigenvalue weighted by Crippen LogP contribution is 2.37. The van der Waals surface area contributed by atoms with Gasteiger partial charge >= 0.3 is 6.18 Å². The molecule has 4 N–H and O–H groups in total. The maximum absolute atomic E-state index is 13.6. The van der Waals surface area contributed by atoms with Crippen molar-refractivity contribution in [2.75, 3.05) is 13.2 Å². The molecule has 3 heterocycles. The van der Waals surface area contributed by atoms with Gasteiger partial charge in [-0.15, -0.1) is 0 Å². The Kier molecular flexibility index (Phi) is 7.64. The summed E-state index contributed by atoms with van der Waals surface area (Å²) in [5.41, 5.74) is 4.05. The molecule has 1 saturated heterocycles. The van der Waals surface area contributed by atoms with Crippen LogP contribution in [-0.2, 0) is 4.74 Å². The van der Waals surface area contributed by atoms with Crippen LogP contribution in [0.25, 0.3) is 33.5 Å². The van der Waals surface area contributed by atoms with E-state index < -0.39 is 30.5 Å². The zero-order valence-corrected chi connectivity index (χ0v) is 22.5. The molecule has 0 bridgehead atoms. The molecule has 216 valence electrons. The molecule has 41 heavy (non-hydrogen) atoms. The predicted octanol–water partition coefficient (Wildman–Crippen LogP) is 5.19. The van der Waals surface area contributed by atoms with Crippen molar-refractivity contribution in [3.05, 3.63) is 65.2 Å². The van der Waals surface area contributed by atoms with Gasteiger partial charge in [0.2, 0.25) is 0 Å². The quantitative estimate of drug-likeness (QED) is 0.224. The van der Waals surface area contributed by atoms with Crippen molar-refractivity contribution in [3.8, 4) is 28.4 Å². The number of halogens is 4. The van der Waals surface area contributed by atoms with Crippen LogP contribution in [0.3, 0.4) is 0 Å². The van der Waals surface area contributed by atoms with Gasteiger partial charge in [0.15, 0.2) is 5.65 Å². The number of benzene rings is 2. The number of alkyl halides is 3. The average Bonchev–Trinajstić information content (AvgIpc) is 3.69. The number of nitrogens with one attached hydrogen (secondary N) is 2. The monoisotopic (exact) mass is 588 g/mol. The molecule has 6 rings (SSSR count). The lowest BCUT2D eigenvalue weighted by Crippen LogP contribution is -2.45. The van der Waals surface area contributed by atoms with Crippen molar-refractivity contribution in [2.24, 2.45) is 0 Å². The smallest absolute Gasteiger partial charge is 0.407 e. The van der Waals surface area contributed by atoms with Crippen LogP contribution in [0.1, 0.15) is 30.9 Å². The van der Waals surface area contributed by atoms with Crippen LogP contribution in [0, 0.1) is 0 Å². The van der Waals surface area contributed by atoms with Gasteiger partial charge in [0.25, 0.3) is 6.01 Å². The molecule has 0 amide bonds. The standard InChI is InChI=1S/C29H28ClF3N4O4/c30-21-12-22-27(37-28(35-22)41-20-11-23(39)24(13-38)40-14-20)36-25(21)17-5-1-15(2-6-17)16-3-7-18(8-4-16)26(29(31,32)33)34-19-9-10-19/h1-8,12,19-20,23-24,26,34,38-39H,9-11,13-14H2,(H,35,36,37). The van der Waals surface area contributed by atoms with Gasteiger partial charge in [0.1, 0.15) is 18.2 Å². The number of H-pyrrole nitrogens is 1. The van der Waals surface area contributed by atoms with E-state index in [1.165, 1.54) is 12.1 Å². The van der Waals surface area contributed by atoms with Gasteiger partial charge < -0.3 is 24.7 Å². The Morgan fingerprint density at radius 1 is 1.05 bits per heavy atom. The molecule has 1 saturated carbocycles. The number of nitrogens with zero attached hydrogens (tertiary/aromatic N) is 2. The first-order valence-corrected chi connectivity index (χ1v) is 13.7. The van der Waals surface area contributed by atoms with E-state index in [9.17, 15) is 23.4 Å². The van der Waals surface area contributed by atoms with Crippen molar-refractivity contribution in [1.82, 2.24) is 20.3 Å². The SMILES string of the molecule is OCC1OCC(Oc2nc3nc(-c4ccc(-c5ccc(C(NC6CC6)C(F)(F)F)cc5)cc4)c(Cl)cc3[nH]2)CC1O. The van der Waals surface area contributed by atoms with E-state index in [-0.39, 0.29) is 37.3 Å². The Morgan fingerprint density at radius 2 is 1.71 bits per heavy atom. The fourth-order valence-electron chi connectivity index (χ4n) is 4.95. The summed E-state index contributed by atoms with van der Waals surface area (Å²) in [6, 6.07) is 14.0. The van der Waals surface area contributed by atoms with Gasteiger partial charge in [-0.25, -0.2) is 4.98 Å². The fraction of sp³-hybridized carbons (Fsp3) is 0.379. The molecule has 2 fully saturated rings. The summed E-state index contributed by atoms with van der Waals surface area (Å²) in [5, 5.41) is 22.4. The number of aliphatic hydroxyl groups excluding tert-OH is 2. The molecular formula is C29H28ClF3N4O4. The topological polar surface area (TPSA) is 113 Å². The highest BCUT2D eigenvalue weighted by Gasteiger charge is 2.43. The molecule has 4 atom stereocenters. The van der Waals surface area contributed by atoms with Crippen molar-refractivity contribution in [2.45, 2.75) is 55.8 Å². The predicted molar refractivity (Wildman–Crippen MR) is 147 cm³/mol. The number of aromatic nitrogens is 3. The molecule has 4 unspecified atom stereocenters. The first kappa shape index (κ1) is 27.9. The van der Waals surface area contributed by atoms with Gasteiger partial charge in [-0.2, -0.15) is 18.2 Å². The van der Waals surface area contributed by atoms with Crippen molar-refractivity contribution >= 4 is 22.8 Å². The van der Waals surface area contributed by atoms with Crippen LogP contribution in [0.4, 0.5) is 13.2 Å². The molecule has 2 aromatic carbocycles. The van der Waals surface area contributed by atoms with E-state index in [4.69, 9.17) is 21.1 Å². The Hall–Kier alpha value is -3.22. The molecule has 1 aliphatic heterocycles. The summed E-state index contributed by atoms with van der Waals surface area (Å²) in [7, 11) is 0. The second-order valence-corrected chi connectivity index (χ2v) is 10.9. The Labute approximate surface area is 238 Å². The first-order chi connectivity index (χ1) is 19.7. The van der Waals surface area contributed by atoms with E-state index in [1.807, 2.05) is 24.3 Å². The third-order valence-electron chi connectivity index (χ3n) is 7.34. The van der Waals surface area contributed by atoms with E-state index in [0.29, 0.717) is 21.9 Å². The van der Waals surface area contributed by atoms with E-state index in [0.717, 1.165) is 29.5 Å². The molecule has 0 radical (unpaired) electrons. The van der Waals surface area contributed by atoms with Gasteiger partial charge in [0, 0.05) is 18.0 Å². The number of ether oxygens (including phenoxy) is 2. The molecule has 2 aromatic heterocycles. The minimum atomic E-state index is -4.36. The van der Waals surface area contributed by atoms with Crippen molar-refractivity contribution in [3.63, 3.8) is 0 Å². The molecular weight excluding hydrogens is 561 g/mol. The summed E-state index contributed by atoms with van der Waals surface area (Å²) in [4.78, 5) is 12.0. The largest absolute Gasteiger partial charge is 0.459 e. The average molecular weight is 589 g/mol. The van der Waals surface area contributed by atoms with Gasteiger partial charge in [-0.3, -0.25) is 5.32 Å². The number of aliphatic hydroxyl groups is 2. The van der Waals surface area contributed by atoms with Crippen LogP contribution in [-0.4, -0.2) is 68.9 Å². The van der Waals surface area contributed by atoms with E-state index in [2.05, 4.69) is 20.3 Å². The lowest BCUT2D eigenvalue weighted by atomic mass is 9.99. The Morgan fingerprint density at radius 3 is 2.32 bits per heavy atom. The summed E-state index contributed by atoms with van der Waals surface area (Å²) < 4.78 is 52.0. The van der Waals surface area contributed by atoms with Crippen LogP contribution >= 0.6 is 11.6 Å². The molecule has 4 aromatic rings. The number of hydrogen-bond donors (Lipinski definition) is 4. The Balaban J connectivity index is 1.17. The third-order valence-corrected chi connectivity index (χ3v) is 7.62. The van der Waals surface area contributed by atoms with Crippen LogP contribution in [0.2, 0.25) is 5.02 Å². The lowest BCUT2D eigenvalue weighted by molar-refractivity contribution is -0.158. The number of rotatable bonds is 8. The van der Waals surface area contributed by atoms with Gasteiger partial charge in [0.05, 0.1) is 35.6 Å². The summed E-state index contributed by atoms with van der Waals surface area (Å²) in [6.07, 6.45) is -4.46. The number of fused-ring (bicyclic) bond motifs is 1. The second kappa shape index (κ2) is 11.2. The summed E-state index contributed by atoms with van der Waals surface area (Å²) >= 11 is 6.55. The highest BCUT2D eigenvalue weighted by molar-refractivity contribution is 6.33. The number of imidazole rings is 1. The maximum Gasteiger partial charge on any atom is 0.407 e. The van der Waals surface area contributed by atoms with Crippen molar-refractivity contribution in [1.29, 1.82) is 0 Å². The Bertz CT molecular complexity index is 1510. The lowest BCUT2D eigenvalue weighted by Gasteiger charge is -2.31. The number of pyridine rings is 1. The van der Waals surface area contributed by atoms with E-state index in [1.54, 1.807) is 18.2 Å². The fourth-order valence-corrected chi connectivity index (χ4v) is 5.21. The number of aromatic amines is 1. The molecule has 0 spiro atoms. The maximum atomic E-state index is 13.6.